The largest absolute Gasteiger partial charge is 0.308 e. The van der Waals surface area contributed by atoms with Gasteiger partial charge in [0.1, 0.15) is 11.2 Å². The molecule has 5 rings (SSSR count). The van der Waals surface area contributed by atoms with Gasteiger partial charge >= 0.3 is 0 Å². The minimum Gasteiger partial charge on any atom is -0.308 e. The van der Waals surface area contributed by atoms with E-state index in [1.54, 1.807) is 28.3 Å². The van der Waals surface area contributed by atoms with Crippen molar-refractivity contribution in [2.75, 3.05) is 0 Å². The molecule has 3 aromatic carbocycles. The summed E-state index contributed by atoms with van der Waals surface area (Å²) in [5, 5.41) is 4.65. The van der Waals surface area contributed by atoms with Gasteiger partial charge in [-0.15, -0.1) is 0 Å². The Hall–Kier alpha value is -3.99. The molecule has 0 unspecified atom stereocenters. The first-order chi connectivity index (χ1) is 14.2. The number of fused-ring (bicyclic) bond motifs is 3. The molecule has 0 N–H and O–H groups in total. The molecule has 0 amide bonds. The van der Waals surface area contributed by atoms with Crippen molar-refractivity contribution < 1.29 is 4.79 Å². The van der Waals surface area contributed by atoms with Gasteiger partial charge in [-0.25, -0.2) is 4.52 Å². The third-order valence-corrected chi connectivity index (χ3v) is 5.18. The number of nitrogens with zero attached hydrogens (tertiary/aromatic N) is 3. The first-order valence-electron chi connectivity index (χ1n) is 9.32. The first kappa shape index (κ1) is 17.1. The first-order valence-corrected chi connectivity index (χ1v) is 9.32. The van der Waals surface area contributed by atoms with Gasteiger partial charge < -0.3 is 4.57 Å². The average molecular weight is 379 g/mol. The van der Waals surface area contributed by atoms with Crippen LogP contribution in [0.5, 0.6) is 0 Å². The van der Waals surface area contributed by atoms with Crippen molar-refractivity contribution >= 4 is 22.3 Å². The van der Waals surface area contributed by atoms with Gasteiger partial charge in [0.15, 0.2) is 0 Å². The Morgan fingerprint density at radius 3 is 2.07 bits per heavy atom. The summed E-state index contributed by atoms with van der Waals surface area (Å²) in [5.74, 6) is -0.209. The third kappa shape index (κ3) is 2.59. The number of hydrogen-bond donors (Lipinski definition) is 0. The molecule has 0 spiro atoms. The van der Waals surface area contributed by atoms with E-state index in [4.69, 9.17) is 0 Å². The van der Waals surface area contributed by atoms with Crippen molar-refractivity contribution in [3.05, 3.63) is 107 Å². The van der Waals surface area contributed by atoms with Gasteiger partial charge in [0.2, 0.25) is 5.78 Å². The lowest BCUT2D eigenvalue weighted by Gasteiger charge is -2.08. The fourth-order valence-corrected chi connectivity index (χ4v) is 3.75. The van der Waals surface area contributed by atoms with Crippen LogP contribution in [-0.2, 0) is 7.05 Å². The summed E-state index contributed by atoms with van der Waals surface area (Å²) in [7, 11) is 1.74. The van der Waals surface area contributed by atoms with Gasteiger partial charge in [0.05, 0.1) is 11.0 Å². The van der Waals surface area contributed by atoms with Crippen molar-refractivity contribution in [1.29, 1.82) is 0 Å². The lowest BCUT2D eigenvalue weighted by atomic mass is 9.99. The molecule has 0 saturated heterocycles. The Kier molecular flexibility index (Phi) is 3.88. The summed E-state index contributed by atoms with van der Waals surface area (Å²) in [6.45, 7) is 0. The zero-order valence-electron chi connectivity index (χ0n) is 15.7. The van der Waals surface area contributed by atoms with Crippen molar-refractivity contribution in [1.82, 2.24) is 14.2 Å². The lowest BCUT2D eigenvalue weighted by molar-refractivity contribution is 0.103. The number of para-hydroxylation sites is 2. The van der Waals surface area contributed by atoms with Crippen LogP contribution in [0.25, 0.3) is 27.7 Å². The summed E-state index contributed by atoms with van der Waals surface area (Å²) in [4.78, 5) is 26.7. The van der Waals surface area contributed by atoms with E-state index in [2.05, 4.69) is 5.10 Å². The number of carbonyl (C=O) groups is 1. The van der Waals surface area contributed by atoms with Crippen LogP contribution < -0.4 is 5.56 Å². The molecule has 0 bridgehead atoms. The molecule has 0 aliphatic rings. The standard InChI is InChI=1S/C24H17N3O2/c1-26-18-14-8-9-15-19(18)27-22(24(26)29)20(16-10-4-2-5-11-16)21(25-27)23(28)17-12-6-3-7-13-17/h2-15H,1H3. The minimum absolute atomic E-state index is 0.192. The van der Waals surface area contributed by atoms with E-state index in [9.17, 15) is 9.59 Å². The fraction of sp³-hybridized carbons (Fsp3) is 0.0417. The Morgan fingerprint density at radius 1 is 0.793 bits per heavy atom. The maximum Gasteiger partial charge on any atom is 0.277 e. The molecule has 140 valence electrons. The van der Waals surface area contributed by atoms with Crippen molar-refractivity contribution in [2.24, 2.45) is 7.05 Å². The molecular weight excluding hydrogens is 362 g/mol. The predicted molar refractivity (Wildman–Crippen MR) is 113 cm³/mol. The number of rotatable bonds is 3. The predicted octanol–water partition coefficient (Wildman–Crippen LogP) is 4.08. The van der Waals surface area contributed by atoms with E-state index >= 15 is 0 Å². The lowest BCUT2D eigenvalue weighted by Crippen LogP contribution is -2.20. The summed E-state index contributed by atoms with van der Waals surface area (Å²) in [5.41, 5.74) is 3.89. The quantitative estimate of drug-likeness (QED) is 0.444. The smallest absolute Gasteiger partial charge is 0.277 e. The van der Waals surface area contributed by atoms with Crippen LogP contribution in [0.1, 0.15) is 16.1 Å². The average Bonchev–Trinajstić information content (AvgIpc) is 3.19. The molecule has 0 fully saturated rings. The molecule has 0 aliphatic carbocycles. The van der Waals surface area contributed by atoms with E-state index < -0.39 is 0 Å². The molecule has 0 atom stereocenters. The highest BCUT2D eigenvalue weighted by Crippen LogP contribution is 2.30. The maximum atomic E-state index is 13.4. The van der Waals surface area contributed by atoms with Gasteiger partial charge in [-0.2, -0.15) is 5.10 Å². The molecule has 0 aliphatic heterocycles. The summed E-state index contributed by atoms with van der Waals surface area (Å²) >= 11 is 0. The highest BCUT2D eigenvalue weighted by Gasteiger charge is 2.25. The summed E-state index contributed by atoms with van der Waals surface area (Å²) in [6.07, 6.45) is 0. The van der Waals surface area contributed by atoms with Crippen LogP contribution in [0.15, 0.2) is 89.7 Å². The van der Waals surface area contributed by atoms with Gasteiger partial charge in [0.25, 0.3) is 5.56 Å². The molecule has 5 heteroatoms. The van der Waals surface area contributed by atoms with Crippen molar-refractivity contribution in [3.8, 4) is 11.1 Å². The van der Waals surface area contributed by atoms with E-state index in [0.29, 0.717) is 16.6 Å². The zero-order chi connectivity index (χ0) is 20.0. The van der Waals surface area contributed by atoms with Gasteiger partial charge in [-0.3, -0.25) is 9.59 Å². The van der Waals surface area contributed by atoms with Crippen LogP contribution in [0.4, 0.5) is 0 Å². The molecule has 5 aromatic rings. The minimum atomic E-state index is -0.209. The summed E-state index contributed by atoms with van der Waals surface area (Å²) in [6, 6.07) is 26.1. The van der Waals surface area contributed by atoms with E-state index in [0.717, 1.165) is 16.6 Å². The molecule has 29 heavy (non-hydrogen) atoms. The third-order valence-electron chi connectivity index (χ3n) is 5.18. The van der Waals surface area contributed by atoms with Crippen LogP contribution in [0.3, 0.4) is 0 Å². The zero-order valence-corrected chi connectivity index (χ0v) is 15.7. The van der Waals surface area contributed by atoms with Gasteiger partial charge in [-0.05, 0) is 17.7 Å². The highest BCUT2D eigenvalue weighted by atomic mass is 16.1. The fourth-order valence-electron chi connectivity index (χ4n) is 3.75. The van der Waals surface area contributed by atoms with Crippen LogP contribution in [0, 0.1) is 0 Å². The Bertz CT molecular complexity index is 1430. The topological polar surface area (TPSA) is 56.4 Å². The number of carbonyl (C=O) groups excluding carboxylic acids is 1. The number of aromatic nitrogens is 3. The molecule has 2 heterocycles. The number of ketones is 1. The number of benzene rings is 3. The second kappa shape index (κ2) is 6.56. The molecule has 5 nitrogen and oxygen atoms in total. The number of hydrogen-bond acceptors (Lipinski definition) is 3. The monoisotopic (exact) mass is 379 g/mol. The van der Waals surface area contributed by atoms with Crippen molar-refractivity contribution in [2.45, 2.75) is 0 Å². The van der Waals surface area contributed by atoms with E-state index in [1.807, 2.05) is 72.8 Å². The number of aryl methyl sites for hydroxylation is 1. The maximum absolute atomic E-state index is 13.4. The Balaban J connectivity index is 1.95. The molecular formula is C24H17N3O2. The highest BCUT2D eigenvalue weighted by molar-refractivity contribution is 6.14. The van der Waals surface area contributed by atoms with Crippen LogP contribution >= 0.6 is 0 Å². The second-order valence-corrected chi connectivity index (χ2v) is 6.90. The van der Waals surface area contributed by atoms with E-state index in [-0.39, 0.29) is 17.0 Å². The SMILES string of the molecule is Cn1c(=O)c2c(-c3ccccc3)c(C(=O)c3ccccc3)nn2c2ccccc21. The van der Waals surface area contributed by atoms with Gasteiger partial charge in [0, 0.05) is 18.2 Å². The molecule has 0 saturated carbocycles. The Labute approximate surface area is 166 Å². The van der Waals surface area contributed by atoms with Crippen LogP contribution in [0.2, 0.25) is 0 Å². The summed E-state index contributed by atoms with van der Waals surface area (Å²) < 4.78 is 3.21. The second-order valence-electron chi connectivity index (χ2n) is 6.90. The normalized spacial score (nSPS) is 11.2. The molecule has 0 radical (unpaired) electrons. The van der Waals surface area contributed by atoms with E-state index in [1.165, 1.54) is 0 Å². The van der Waals surface area contributed by atoms with Gasteiger partial charge in [-0.1, -0.05) is 72.8 Å². The Morgan fingerprint density at radius 2 is 1.38 bits per heavy atom. The van der Waals surface area contributed by atoms with Crippen molar-refractivity contribution in [3.63, 3.8) is 0 Å². The van der Waals surface area contributed by atoms with Crippen LogP contribution in [-0.4, -0.2) is 20.0 Å². The molecule has 2 aromatic heterocycles.